The van der Waals surface area contributed by atoms with E-state index < -0.39 is 17.1 Å². The molecule has 0 amide bonds. The average molecular weight is 417 g/mol. The van der Waals surface area contributed by atoms with Gasteiger partial charge < -0.3 is 14.4 Å². The Balaban J connectivity index is 2.44. The van der Waals surface area contributed by atoms with E-state index in [1.54, 1.807) is 14.2 Å². The molecule has 0 aliphatic rings. The van der Waals surface area contributed by atoms with Crippen LogP contribution in [0.3, 0.4) is 0 Å². The second kappa shape index (κ2) is 9.93. The molecule has 1 unspecified atom stereocenters. The van der Waals surface area contributed by atoms with Crippen LogP contribution in [0, 0.1) is 6.92 Å². The molecule has 162 valence electrons. The van der Waals surface area contributed by atoms with Gasteiger partial charge in [0.2, 0.25) is 0 Å². The topological polar surface area (TPSA) is 88.9 Å². The van der Waals surface area contributed by atoms with Crippen molar-refractivity contribution < 1.29 is 14.4 Å². The van der Waals surface area contributed by atoms with Crippen LogP contribution in [0.1, 0.15) is 11.1 Å². The van der Waals surface area contributed by atoms with Gasteiger partial charge in [-0.2, -0.15) is 4.57 Å². The molecule has 1 aromatic heterocycles. The molecule has 0 aliphatic heterocycles. The van der Waals surface area contributed by atoms with E-state index in [4.69, 9.17) is 9.47 Å². The lowest BCUT2D eigenvalue weighted by Gasteiger charge is -2.19. The van der Waals surface area contributed by atoms with Crippen LogP contribution in [0.5, 0.6) is 11.5 Å². The Labute approximate surface area is 174 Å². The van der Waals surface area contributed by atoms with Gasteiger partial charge in [-0.1, -0.05) is 12.2 Å². The molecule has 1 heterocycles. The van der Waals surface area contributed by atoms with E-state index >= 15 is 0 Å². The van der Waals surface area contributed by atoms with E-state index in [0.717, 1.165) is 29.7 Å². The van der Waals surface area contributed by atoms with Crippen LogP contribution in [0.25, 0.3) is 0 Å². The summed E-state index contributed by atoms with van der Waals surface area (Å²) in [7, 11) is 5.01. The Morgan fingerprint density at radius 3 is 1.83 bits per heavy atom. The van der Waals surface area contributed by atoms with Crippen molar-refractivity contribution in [3.05, 3.63) is 80.0 Å². The first-order chi connectivity index (χ1) is 14.3. The fourth-order valence-corrected chi connectivity index (χ4v) is 3.25. The quantitative estimate of drug-likeness (QED) is 0.529. The number of aryl methyl sites for hydroxylation is 1. The molecule has 0 aliphatic carbocycles. The number of nitrogens with zero attached hydrogens (tertiary/aromatic N) is 3. The summed E-state index contributed by atoms with van der Waals surface area (Å²) in [4.78, 5) is 38.9. The van der Waals surface area contributed by atoms with Gasteiger partial charge in [0, 0.05) is 5.56 Å². The largest absolute Gasteiger partial charge is 0.493 e. The summed E-state index contributed by atoms with van der Waals surface area (Å²) in [5, 5.41) is 0. The van der Waals surface area contributed by atoms with Gasteiger partial charge in [-0.05, 0) is 24.6 Å². The normalized spacial score (nSPS) is 11.7. The van der Waals surface area contributed by atoms with Gasteiger partial charge in [0.25, 0.3) is 0 Å². The van der Waals surface area contributed by atoms with Crippen LogP contribution in [-0.4, -0.2) is 35.0 Å². The minimum atomic E-state index is -0.672. The highest BCUT2D eigenvalue weighted by Gasteiger charge is 2.18. The van der Waals surface area contributed by atoms with E-state index in [1.165, 1.54) is 12.2 Å². The molecule has 0 fully saturated rings. The maximum Gasteiger partial charge on any atom is 0.341 e. The number of rotatable bonds is 10. The molecule has 1 aromatic carbocycles. The first-order valence-electron chi connectivity index (χ1n) is 9.48. The zero-order valence-electron chi connectivity index (χ0n) is 17.9. The van der Waals surface area contributed by atoms with Gasteiger partial charge >= 0.3 is 17.1 Å². The predicted molar refractivity (Wildman–Crippen MR) is 114 cm³/mol. The first-order valence-corrected chi connectivity index (χ1v) is 9.48. The Bertz CT molecular complexity index is 1060. The van der Waals surface area contributed by atoms with Crippen molar-refractivity contribution in [2.75, 3.05) is 21.3 Å². The molecule has 1 atom stereocenters. The lowest BCUT2D eigenvalue weighted by atomic mass is 10.1. The second-order valence-electron chi connectivity index (χ2n) is 7.00. The Morgan fingerprint density at radius 1 is 0.900 bits per heavy atom. The molecule has 30 heavy (non-hydrogen) atoms. The fourth-order valence-electron chi connectivity index (χ4n) is 3.25. The number of methoxy groups -OCH3 is 2. The highest BCUT2D eigenvalue weighted by atomic mass is 16.5. The van der Waals surface area contributed by atoms with Crippen molar-refractivity contribution in [1.29, 1.82) is 0 Å². The Kier molecular flexibility index (Phi) is 7.60. The first kappa shape index (κ1) is 23.0. The summed E-state index contributed by atoms with van der Waals surface area (Å²) in [6, 6.07) is 3.77. The lowest BCUT2D eigenvalue weighted by Crippen LogP contribution is -3.07. The van der Waals surface area contributed by atoms with E-state index in [0.29, 0.717) is 18.0 Å². The van der Waals surface area contributed by atoms with Crippen molar-refractivity contribution in [2.24, 2.45) is 0 Å². The highest BCUT2D eigenvalue weighted by Crippen LogP contribution is 2.29. The highest BCUT2D eigenvalue weighted by molar-refractivity contribution is 5.46. The number of hydrogen-bond acceptors (Lipinski definition) is 5. The van der Waals surface area contributed by atoms with Crippen molar-refractivity contribution >= 4 is 0 Å². The van der Waals surface area contributed by atoms with Crippen LogP contribution in [0.15, 0.2) is 51.8 Å². The van der Waals surface area contributed by atoms with Gasteiger partial charge in [-0.3, -0.25) is 0 Å². The molecule has 0 radical (unpaired) electrons. The zero-order chi connectivity index (χ0) is 22.4. The summed E-state index contributed by atoms with van der Waals surface area (Å²) in [5.41, 5.74) is 0.000649. The summed E-state index contributed by atoms with van der Waals surface area (Å²) in [5.74, 6) is 1.24. The standard InChI is InChI=1S/C21H28N4O5/c1-7-9-23-19(26)24(10-8-2)21(28)25(20(23)27)14-22(4)13-16-12-18(30-6)17(29-5)11-15(16)3/h7-8,11-12H,1-2,9-10,13-14H2,3-6H3/p+1. The van der Waals surface area contributed by atoms with E-state index in [-0.39, 0.29) is 19.8 Å². The molecule has 2 rings (SSSR count). The van der Waals surface area contributed by atoms with Crippen molar-refractivity contribution in [3.8, 4) is 11.5 Å². The van der Waals surface area contributed by atoms with Crippen LogP contribution < -0.4 is 31.4 Å². The van der Waals surface area contributed by atoms with Crippen LogP contribution in [-0.2, 0) is 26.3 Å². The van der Waals surface area contributed by atoms with Crippen LogP contribution in [0.2, 0.25) is 0 Å². The summed E-state index contributed by atoms with van der Waals surface area (Å²) >= 11 is 0. The molecule has 9 heteroatoms. The van der Waals surface area contributed by atoms with Gasteiger partial charge in [0.15, 0.2) is 18.2 Å². The molecule has 1 N–H and O–H groups in total. The summed E-state index contributed by atoms with van der Waals surface area (Å²) in [6.07, 6.45) is 2.89. The van der Waals surface area contributed by atoms with Crippen molar-refractivity contribution in [3.63, 3.8) is 0 Å². The second-order valence-corrected chi connectivity index (χ2v) is 7.00. The van der Waals surface area contributed by atoms with E-state index in [1.807, 2.05) is 26.1 Å². The number of hydrogen-bond donors (Lipinski definition) is 1. The Hall–Kier alpha value is -3.33. The number of aromatic nitrogens is 3. The van der Waals surface area contributed by atoms with Gasteiger partial charge in [0.1, 0.15) is 6.54 Å². The van der Waals surface area contributed by atoms with Crippen LogP contribution in [0.4, 0.5) is 0 Å². The molecule has 0 saturated heterocycles. The molecule has 9 nitrogen and oxygen atoms in total. The van der Waals surface area contributed by atoms with Gasteiger partial charge in [0.05, 0.1) is 34.4 Å². The fraction of sp³-hybridized carbons (Fsp3) is 0.381. The predicted octanol–water partition coefficient (Wildman–Crippen LogP) is -0.458. The van der Waals surface area contributed by atoms with Gasteiger partial charge in [-0.25, -0.2) is 23.5 Å². The maximum atomic E-state index is 12.8. The minimum Gasteiger partial charge on any atom is -0.493 e. The summed E-state index contributed by atoms with van der Waals surface area (Å²) < 4.78 is 13.7. The number of ether oxygens (including phenoxy) is 2. The number of quaternary nitrogens is 1. The molecular weight excluding hydrogens is 388 g/mol. The third kappa shape index (κ3) is 4.62. The lowest BCUT2D eigenvalue weighted by molar-refractivity contribution is -0.917. The number of nitrogens with one attached hydrogen (secondary N) is 1. The molecule has 2 aromatic rings. The van der Waals surface area contributed by atoms with E-state index in [9.17, 15) is 14.4 Å². The minimum absolute atomic E-state index is 0.0168. The molecule has 0 spiro atoms. The monoisotopic (exact) mass is 417 g/mol. The van der Waals surface area contributed by atoms with Crippen molar-refractivity contribution in [1.82, 2.24) is 13.7 Å². The van der Waals surface area contributed by atoms with Gasteiger partial charge in [-0.15, -0.1) is 13.2 Å². The van der Waals surface area contributed by atoms with E-state index in [2.05, 4.69) is 13.2 Å². The zero-order valence-corrected chi connectivity index (χ0v) is 17.9. The third-order valence-electron chi connectivity index (χ3n) is 4.77. The molecular formula is C21H29N4O5+. The molecule has 0 saturated carbocycles. The number of allylic oxidation sites excluding steroid dienone is 2. The van der Waals surface area contributed by atoms with Crippen LogP contribution >= 0.6 is 0 Å². The maximum absolute atomic E-state index is 12.8. The average Bonchev–Trinajstić information content (AvgIpc) is 2.72. The summed E-state index contributed by atoms with van der Waals surface area (Å²) in [6.45, 7) is 9.76. The third-order valence-corrected chi connectivity index (χ3v) is 4.77. The smallest absolute Gasteiger partial charge is 0.341 e. The number of benzene rings is 1. The Morgan fingerprint density at radius 2 is 1.37 bits per heavy atom. The SMILES string of the molecule is C=CCn1c(=O)n(CC=C)c(=O)n(C[NH+](C)Cc2cc(OC)c(OC)cc2C)c1=O. The molecule has 0 bridgehead atoms. The van der Waals surface area contributed by atoms with Crippen molar-refractivity contribution in [2.45, 2.75) is 33.2 Å².